The summed E-state index contributed by atoms with van der Waals surface area (Å²) in [5.41, 5.74) is 2.45. The first-order valence-corrected chi connectivity index (χ1v) is 10.4. The maximum absolute atomic E-state index is 12.5. The van der Waals surface area contributed by atoms with Crippen molar-refractivity contribution >= 4 is 17.4 Å². The predicted molar refractivity (Wildman–Crippen MR) is 112 cm³/mol. The molecule has 2 saturated heterocycles. The van der Waals surface area contributed by atoms with Gasteiger partial charge in [0.05, 0.1) is 17.3 Å². The van der Waals surface area contributed by atoms with E-state index in [1.165, 1.54) is 6.33 Å². The fraction of sp³-hybridized carbons (Fsp3) is 0.524. The molecule has 0 bridgehead atoms. The topological polar surface area (TPSA) is 101 Å². The Labute approximate surface area is 170 Å². The van der Waals surface area contributed by atoms with Gasteiger partial charge in [0.15, 0.2) is 0 Å². The zero-order valence-corrected chi connectivity index (χ0v) is 16.6. The fourth-order valence-electron chi connectivity index (χ4n) is 3.76. The number of anilines is 2. The lowest BCUT2D eigenvalue weighted by Gasteiger charge is -2.22. The number of carbonyl (C=O) groups is 1. The van der Waals surface area contributed by atoms with Gasteiger partial charge in [-0.25, -0.2) is 9.97 Å². The van der Waals surface area contributed by atoms with Crippen molar-refractivity contribution in [3.8, 4) is 11.4 Å². The molecule has 29 heavy (non-hydrogen) atoms. The third-order valence-corrected chi connectivity index (χ3v) is 5.54. The Bertz CT molecular complexity index is 818. The molecule has 4 heterocycles. The maximum atomic E-state index is 12.5. The van der Waals surface area contributed by atoms with Crippen molar-refractivity contribution < 1.29 is 9.53 Å². The third-order valence-electron chi connectivity index (χ3n) is 5.54. The monoisotopic (exact) mass is 396 g/mol. The highest BCUT2D eigenvalue weighted by molar-refractivity contribution is 5.92. The zero-order valence-electron chi connectivity index (χ0n) is 16.6. The summed E-state index contributed by atoms with van der Waals surface area (Å²) in [5.74, 6) is 1.13. The molecule has 0 radical (unpaired) electrons. The second kappa shape index (κ2) is 9.76. The molecule has 3 N–H and O–H groups in total. The predicted octanol–water partition coefficient (Wildman–Crippen LogP) is 2.32. The van der Waals surface area contributed by atoms with E-state index >= 15 is 0 Å². The standard InChI is InChI=1S/C21H28N6O2/c28-21(16-2-1-6-22-13-16)27-20-11-19(25-14-26-20)18-10-17(3-7-23-18)24-12-15-4-8-29-9-5-15/h3,7,10-11,14-16,22H,1-2,4-6,8-9,12-13H2,(H,23,24)(H,25,26,27,28)/t16-/m1/s1. The van der Waals surface area contributed by atoms with Crippen molar-refractivity contribution in [2.24, 2.45) is 11.8 Å². The fourth-order valence-corrected chi connectivity index (χ4v) is 3.76. The lowest BCUT2D eigenvalue weighted by molar-refractivity contribution is -0.120. The number of ether oxygens (including phenoxy) is 1. The van der Waals surface area contributed by atoms with E-state index in [1.54, 1.807) is 12.3 Å². The van der Waals surface area contributed by atoms with E-state index in [0.29, 0.717) is 24.0 Å². The summed E-state index contributed by atoms with van der Waals surface area (Å²) in [6.45, 7) is 4.31. The molecular weight excluding hydrogens is 368 g/mol. The Hall–Kier alpha value is -2.58. The van der Waals surface area contributed by atoms with Crippen molar-refractivity contribution in [3.05, 3.63) is 30.7 Å². The van der Waals surface area contributed by atoms with Crippen molar-refractivity contribution in [1.29, 1.82) is 0 Å². The first-order chi connectivity index (χ1) is 14.3. The Balaban J connectivity index is 1.40. The van der Waals surface area contributed by atoms with Crippen LogP contribution in [-0.2, 0) is 9.53 Å². The Morgan fingerprint density at radius 1 is 1.14 bits per heavy atom. The van der Waals surface area contributed by atoms with Crippen LogP contribution in [0.15, 0.2) is 30.7 Å². The minimum Gasteiger partial charge on any atom is -0.385 e. The molecule has 2 aromatic heterocycles. The largest absolute Gasteiger partial charge is 0.385 e. The van der Waals surface area contributed by atoms with Crippen molar-refractivity contribution in [2.75, 3.05) is 43.5 Å². The summed E-state index contributed by atoms with van der Waals surface area (Å²) in [4.78, 5) is 25.4. The zero-order chi connectivity index (χ0) is 19.9. The van der Waals surface area contributed by atoms with Crippen molar-refractivity contribution in [1.82, 2.24) is 20.3 Å². The number of hydrogen-bond acceptors (Lipinski definition) is 7. The second-order valence-electron chi connectivity index (χ2n) is 7.69. The van der Waals surface area contributed by atoms with Crippen LogP contribution >= 0.6 is 0 Å². The number of amides is 1. The van der Waals surface area contributed by atoms with Gasteiger partial charge in [-0.05, 0) is 50.3 Å². The summed E-state index contributed by atoms with van der Waals surface area (Å²) in [6.07, 6.45) is 7.35. The van der Waals surface area contributed by atoms with Crippen LogP contribution in [0.1, 0.15) is 25.7 Å². The molecule has 2 fully saturated rings. The minimum absolute atomic E-state index is 0.00156. The number of piperidine rings is 1. The smallest absolute Gasteiger partial charge is 0.229 e. The van der Waals surface area contributed by atoms with E-state index in [0.717, 1.165) is 63.4 Å². The molecule has 2 aliphatic rings. The number of aromatic nitrogens is 3. The molecule has 2 aromatic rings. The van der Waals surface area contributed by atoms with Crippen molar-refractivity contribution in [3.63, 3.8) is 0 Å². The maximum Gasteiger partial charge on any atom is 0.229 e. The molecule has 154 valence electrons. The summed E-state index contributed by atoms with van der Waals surface area (Å²) in [7, 11) is 0. The van der Waals surface area contributed by atoms with E-state index in [-0.39, 0.29) is 11.8 Å². The quantitative estimate of drug-likeness (QED) is 0.689. The van der Waals surface area contributed by atoms with Crippen LogP contribution < -0.4 is 16.0 Å². The number of rotatable bonds is 6. The first kappa shape index (κ1) is 19.7. The van der Waals surface area contributed by atoms with Crippen LogP contribution in [0, 0.1) is 11.8 Å². The molecule has 0 spiro atoms. The van der Waals surface area contributed by atoms with Gasteiger partial charge in [-0.3, -0.25) is 9.78 Å². The average molecular weight is 396 g/mol. The van der Waals surface area contributed by atoms with Gasteiger partial charge in [-0.2, -0.15) is 0 Å². The van der Waals surface area contributed by atoms with Crippen LogP contribution in [0.3, 0.4) is 0 Å². The summed E-state index contributed by atoms with van der Waals surface area (Å²) in [6, 6.07) is 5.72. The summed E-state index contributed by atoms with van der Waals surface area (Å²) >= 11 is 0. The summed E-state index contributed by atoms with van der Waals surface area (Å²) in [5, 5.41) is 9.68. The van der Waals surface area contributed by atoms with Gasteiger partial charge in [0.2, 0.25) is 5.91 Å². The molecule has 1 amide bonds. The van der Waals surface area contributed by atoms with Gasteiger partial charge in [0, 0.05) is 44.3 Å². The van der Waals surface area contributed by atoms with Crippen LogP contribution in [0.2, 0.25) is 0 Å². The average Bonchev–Trinajstić information content (AvgIpc) is 2.79. The van der Waals surface area contributed by atoms with Crippen LogP contribution in [0.25, 0.3) is 11.4 Å². The highest BCUT2D eigenvalue weighted by atomic mass is 16.5. The van der Waals surface area contributed by atoms with Gasteiger partial charge in [0.1, 0.15) is 12.1 Å². The van der Waals surface area contributed by atoms with E-state index in [1.807, 2.05) is 12.1 Å². The van der Waals surface area contributed by atoms with Gasteiger partial charge >= 0.3 is 0 Å². The highest BCUT2D eigenvalue weighted by Gasteiger charge is 2.21. The number of nitrogens with one attached hydrogen (secondary N) is 3. The van der Waals surface area contributed by atoms with E-state index < -0.39 is 0 Å². The Morgan fingerprint density at radius 3 is 2.83 bits per heavy atom. The normalized spacial score (nSPS) is 20.2. The number of pyridine rings is 1. The van der Waals surface area contributed by atoms with Gasteiger partial charge in [0.25, 0.3) is 0 Å². The van der Waals surface area contributed by atoms with Gasteiger partial charge in [-0.1, -0.05) is 0 Å². The lowest BCUT2D eigenvalue weighted by Crippen LogP contribution is -2.37. The molecule has 8 nitrogen and oxygen atoms in total. The van der Waals surface area contributed by atoms with Crippen molar-refractivity contribution in [2.45, 2.75) is 25.7 Å². The second-order valence-corrected chi connectivity index (χ2v) is 7.69. The Kier molecular flexibility index (Phi) is 6.63. The molecule has 0 unspecified atom stereocenters. The van der Waals surface area contributed by atoms with E-state index in [9.17, 15) is 4.79 Å². The van der Waals surface area contributed by atoms with Gasteiger partial charge < -0.3 is 20.7 Å². The molecule has 0 aliphatic carbocycles. The third kappa shape index (κ3) is 5.48. The number of carbonyl (C=O) groups excluding carboxylic acids is 1. The molecule has 4 rings (SSSR count). The van der Waals surface area contributed by atoms with Crippen LogP contribution in [0.4, 0.5) is 11.5 Å². The lowest BCUT2D eigenvalue weighted by atomic mass is 9.99. The molecule has 0 saturated carbocycles. The number of nitrogens with zero attached hydrogens (tertiary/aromatic N) is 3. The first-order valence-electron chi connectivity index (χ1n) is 10.4. The molecule has 2 aliphatic heterocycles. The molecular formula is C21H28N6O2. The van der Waals surface area contributed by atoms with Crippen LogP contribution in [0.5, 0.6) is 0 Å². The highest BCUT2D eigenvalue weighted by Crippen LogP contribution is 2.22. The minimum atomic E-state index is -0.0157. The van der Waals surface area contributed by atoms with E-state index in [4.69, 9.17) is 4.74 Å². The molecule has 0 aromatic carbocycles. The molecule has 1 atom stereocenters. The van der Waals surface area contributed by atoms with E-state index in [2.05, 4.69) is 30.9 Å². The number of hydrogen-bond donors (Lipinski definition) is 3. The SMILES string of the molecule is O=C(Nc1cc(-c2cc(NCC3CCOCC3)ccn2)ncn1)[C@@H]1CCCNC1. The molecule has 8 heteroatoms. The van der Waals surface area contributed by atoms with Gasteiger partial charge in [-0.15, -0.1) is 0 Å². The van der Waals surface area contributed by atoms with Crippen LogP contribution in [-0.4, -0.2) is 53.7 Å². The summed E-state index contributed by atoms with van der Waals surface area (Å²) < 4.78 is 5.42. The Morgan fingerprint density at radius 2 is 2.00 bits per heavy atom.